The number of hydrogen-bond acceptors (Lipinski definition) is 2. The van der Waals surface area contributed by atoms with Crippen molar-refractivity contribution >= 4 is 21.8 Å². The Morgan fingerprint density at radius 3 is 2.89 bits per heavy atom. The van der Waals surface area contributed by atoms with Gasteiger partial charge in [-0.25, -0.2) is 0 Å². The minimum absolute atomic E-state index is 0.0533. The van der Waals surface area contributed by atoms with E-state index in [1.165, 1.54) is 0 Å². The van der Waals surface area contributed by atoms with E-state index >= 15 is 0 Å². The molecule has 0 aliphatic carbocycles. The number of nitrogens with zero attached hydrogens (tertiary/aromatic N) is 1. The molecule has 1 aromatic carbocycles. The van der Waals surface area contributed by atoms with E-state index < -0.39 is 0 Å². The highest BCUT2D eigenvalue weighted by atomic mass is 79.9. The van der Waals surface area contributed by atoms with Crippen molar-refractivity contribution in [3.05, 3.63) is 28.2 Å². The van der Waals surface area contributed by atoms with Crippen molar-refractivity contribution in [3.8, 4) is 5.75 Å². The third-order valence-electron chi connectivity index (χ3n) is 3.52. The molecule has 1 unspecified atom stereocenters. The van der Waals surface area contributed by atoms with Gasteiger partial charge in [0.2, 0.25) is 0 Å². The second kappa shape index (κ2) is 5.31. The minimum atomic E-state index is -0.0648. The van der Waals surface area contributed by atoms with Crippen LogP contribution in [0.3, 0.4) is 0 Å². The molecule has 0 bridgehead atoms. The average molecular weight is 312 g/mol. The van der Waals surface area contributed by atoms with E-state index in [2.05, 4.69) is 29.8 Å². The predicted molar refractivity (Wildman–Crippen MR) is 74.7 cm³/mol. The molecule has 1 amide bonds. The van der Waals surface area contributed by atoms with Crippen LogP contribution in [0.1, 0.15) is 37.0 Å². The van der Waals surface area contributed by atoms with Crippen molar-refractivity contribution in [3.63, 3.8) is 0 Å². The molecule has 1 aliphatic rings. The van der Waals surface area contributed by atoms with Gasteiger partial charge in [0.25, 0.3) is 5.91 Å². The van der Waals surface area contributed by atoms with Gasteiger partial charge in [0.15, 0.2) is 0 Å². The van der Waals surface area contributed by atoms with E-state index in [1.807, 2.05) is 4.90 Å². The van der Waals surface area contributed by atoms with Gasteiger partial charge >= 0.3 is 0 Å². The van der Waals surface area contributed by atoms with Crippen LogP contribution < -0.4 is 0 Å². The zero-order valence-electron chi connectivity index (χ0n) is 10.7. The summed E-state index contributed by atoms with van der Waals surface area (Å²) in [7, 11) is 0. The Hall–Kier alpha value is -1.03. The topological polar surface area (TPSA) is 40.5 Å². The minimum Gasteiger partial charge on any atom is -0.507 e. The molecule has 1 heterocycles. The summed E-state index contributed by atoms with van der Waals surface area (Å²) in [6.45, 7) is 5.06. The van der Waals surface area contributed by atoms with Gasteiger partial charge in [0.1, 0.15) is 5.75 Å². The number of hydrogen-bond donors (Lipinski definition) is 1. The summed E-state index contributed by atoms with van der Waals surface area (Å²) in [5.74, 6) is 0.438. The third kappa shape index (κ3) is 2.53. The van der Waals surface area contributed by atoms with Gasteiger partial charge < -0.3 is 10.0 Å². The smallest absolute Gasteiger partial charge is 0.257 e. The molecule has 2 rings (SSSR count). The maximum atomic E-state index is 12.5. The Kier molecular flexibility index (Phi) is 3.95. The molecule has 0 aromatic heterocycles. The zero-order chi connectivity index (χ0) is 13.3. The molecule has 1 N–H and O–H groups in total. The molecule has 1 saturated heterocycles. The molecule has 1 aromatic rings. The van der Waals surface area contributed by atoms with Crippen LogP contribution >= 0.6 is 15.9 Å². The summed E-state index contributed by atoms with van der Waals surface area (Å²) in [5, 5.41) is 9.82. The first-order valence-corrected chi connectivity index (χ1v) is 7.09. The fourth-order valence-electron chi connectivity index (χ4n) is 2.57. The third-order valence-corrected chi connectivity index (χ3v) is 4.01. The molecule has 0 radical (unpaired) electrons. The molecular formula is C14H18BrNO2. The maximum absolute atomic E-state index is 12.5. The molecule has 1 atom stereocenters. The van der Waals surface area contributed by atoms with Crippen LogP contribution in [0, 0.1) is 5.92 Å². The van der Waals surface area contributed by atoms with Gasteiger partial charge in [-0.2, -0.15) is 0 Å². The fraction of sp³-hybridized carbons (Fsp3) is 0.500. The largest absolute Gasteiger partial charge is 0.507 e. The summed E-state index contributed by atoms with van der Waals surface area (Å²) < 4.78 is 0.809. The first kappa shape index (κ1) is 13.4. The Morgan fingerprint density at radius 1 is 1.50 bits per heavy atom. The molecule has 0 saturated carbocycles. The van der Waals surface area contributed by atoms with Crippen molar-refractivity contribution in [2.75, 3.05) is 6.54 Å². The second-order valence-electron chi connectivity index (χ2n) is 5.11. The van der Waals surface area contributed by atoms with Crippen LogP contribution in [0.5, 0.6) is 5.75 Å². The zero-order valence-corrected chi connectivity index (χ0v) is 12.3. The fourth-order valence-corrected chi connectivity index (χ4v) is 2.93. The Balaban J connectivity index is 2.28. The second-order valence-corrected chi connectivity index (χ2v) is 6.03. The van der Waals surface area contributed by atoms with E-state index in [4.69, 9.17) is 0 Å². The first-order chi connectivity index (χ1) is 8.50. The first-order valence-electron chi connectivity index (χ1n) is 6.30. The van der Waals surface area contributed by atoms with Gasteiger partial charge in [-0.3, -0.25) is 4.79 Å². The highest BCUT2D eigenvalue weighted by Gasteiger charge is 2.32. The number of halogens is 1. The van der Waals surface area contributed by atoms with Crippen molar-refractivity contribution in [1.82, 2.24) is 4.90 Å². The van der Waals surface area contributed by atoms with Gasteiger partial charge in [-0.05, 0) is 37.0 Å². The Bertz CT molecular complexity index is 459. The van der Waals surface area contributed by atoms with E-state index in [-0.39, 0.29) is 17.7 Å². The normalized spacial score (nSPS) is 19.6. The van der Waals surface area contributed by atoms with E-state index in [9.17, 15) is 9.90 Å². The molecule has 4 heteroatoms. The van der Waals surface area contributed by atoms with Crippen molar-refractivity contribution < 1.29 is 9.90 Å². The quantitative estimate of drug-likeness (QED) is 0.909. The summed E-state index contributed by atoms with van der Waals surface area (Å²) >= 11 is 3.34. The molecule has 18 heavy (non-hydrogen) atoms. The van der Waals surface area contributed by atoms with Gasteiger partial charge in [0.05, 0.1) is 5.56 Å². The number of benzene rings is 1. The van der Waals surface area contributed by atoms with Crippen molar-refractivity contribution in [2.45, 2.75) is 32.7 Å². The number of carbonyl (C=O) groups is 1. The number of aromatic hydroxyl groups is 1. The van der Waals surface area contributed by atoms with Crippen LogP contribution in [0.2, 0.25) is 0 Å². The molecule has 1 fully saturated rings. The van der Waals surface area contributed by atoms with Crippen LogP contribution in [-0.2, 0) is 0 Å². The van der Waals surface area contributed by atoms with E-state index in [1.54, 1.807) is 18.2 Å². The number of amides is 1. The number of phenolic OH excluding ortho intramolecular Hbond substituents is 1. The number of phenols is 1. The lowest BCUT2D eigenvalue weighted by Crippen LogP contribution is -2.38. The SMILES string of the molecule is CC(C)C1CCCN1C(=O)c1cc(Br)ccc1O. The number of likely N-dealkylation sites (tertiary alicyclic amines) is 1. The summed E-state index contributed by atoms with van der Waals surface area (Å²) in [6.07, 6.45) is 2.10. The molecular weight excluding hydrogens is 294 g/mol. The monoisotopic (exact) mass is 311 g/mol. The van der Waals surface area contributed by atoms with E-state index in [0.29, 0.717) is 11.5 Å². The van der Waals surface area contributed by atoms with Gasteiger partial charge in [-0.1, -0.05) is 29.8 Å². The van der Waals surface area contributed by atoms with Gasteiger partial charge in [-0.15, -0.1) is 0 Å². The molecule has 98 valence electrons. The molecule has 3 nitrogen and oxygen atoms in total. The lowest BCUT2D eigenvalue weighted by atomic mass is 10.0. The summed E-state index contributed by atoms with van der Waals surface area (Å²) in [4.78, 5) is 14.4. The lowest BCUT2D eigenvalue weighted by molar-refractivity contribution is 0.0698. The predicted octanol–water partition coefficient (Wildman–Crippen LogP) is 3.42. The molecule has 1 aliphatic heterocycles. The maximum Gasteiger partial charge on any atom is 0.257 e. The Labute approximate surface area is 116 Å². The van der Waals surface area contributed by atoms with Crippen LogP contribution in [0.15, 0.2) is 22.7 Å². The average Bonchev–Trinajstić information content (AvgIpc) is 2.80. The van der Waals surface area contributed by atoms with Crippen LogP contribution in [-0.4, -0.2) is 28.5 Å². The van der Waals surface area contributed by atoms with Crippen molar-refractivity contribution in [1.29, 1.82) is 0 Å². The van der Waals surface area contributed by atoms with Crippen LogP contribution in [0.25, 0.3) is 0 Å². The molecule has 0 spiro atoms. The van der Waals surface area contributed by atoms with E-state index in [0.717, 1.165) is 23.9 Å². The van der Waals surface area contributed by atoms with Gasteiger partial charge in [0, 0.05) is 17.1 Å². The number of rotatable bonds is 2. The standard InChI is InChI=1S/C14H18BrNO2/c1-9(2)12-4-3-7-16(12)14(18)11-8-10(15)5-6-13(11)17/h5-6,8-9,12,17H,3-4,7H2,1-2H3. The lowest BCUT2D eigenvalue weighted by Gasteiger charge is -2.28. The van der Waals surface area contributed by atoms with Crippen LogP contribution in [0.4, 0.5) is 0 Å². The number of carbonyl (C=O) groups excluding carboxylic acids is 1. The Morgan fingerprint density at radius 2 is 2.22 bits per heavy atom. The van der Waals surface area contributed by atoms with Crippen molar-refractivity contribution in [2.24, 2.45) is 5.92 Å². The highest BCUT2D eigenvalue weighted by molar-refractivity contribution is 9.10. The summed E-state index contributed by atoms with van der Waals surface area (Å²) in [6, 6.07) is 5.26. The highest BCUT2D eigenvalue weighted by Crippen LogP contribution is 2.29. The summed E-state index contributed by atoms with van der Waals surface area (Å²) in [5.41, 5.74) is 0.386.